The second-order valence-corrected chi connectivity index (χ2v) is 8.13. The largest absolute Gasteiger partial charge is 0.373 e. The summed E-state index contributed by atoms with van der Waals surface area (Å²) in [6, 6.07) is 10.6. The molecule has 4 nitrogen and oxygen atoms in total. The fourth-order valence-electron chi connectivity index (χ4n) is 3.96. The molecule has 1 aromatic rings. The molecule has 3 rings (SSSR count). The number of rotatable bonds is 4. The van der Waals surface area contributed by atoms with E-state index < -0.39 is 0 Å². The van der Waals surface area contributed by atoms with E-state index in [2.05, 4.69) is 61.3 Å². The van der Waals surface area contributed by atoms with Gasteiger partial charge in [-0.3, -0.25) is 4.99 Å². The highest BCUT2D eigenvalue weighted by molar-refractivity contribution is 14.0. The summed E-state index contributed by atoms with van der Waals surface area (Å²) in [4.78, 5) is 7.43. The van der Waals surface area contributed by atoms with E-state index in [4.69, 9.17) is 9.73 Å². The Kier molecular flexibility index (Phi) is 8.20. The van der Waals surface area contributed by atoms with Gasteiger partial charge in [-0.15, -0.1) is 24.0 Å². The second-order valence-electron chi connectivity index (χ2n) is 8.13. The molecule has 0 aromatic heterocycles. The van der Waals surface area contributed by atoms with Gasteiger partial charge in [0.15, 0.2) is 5.96 Å². The molecular weight excluding hydrogens is 437 g/mol. The maximum absolute atomic E-state index is 6.12. The Bertz CT molecular complexity index is 576. The standard InChI is InChI=1S/C21H33N3O.HI/c1-4-22-20(24-13-12-21(2,3)16-24)23-15-18-11-8-14-25-19(18)17-9-6-5-7-10-17;/h5-7,9-10,18-19H,4,8,11-16H2,1-3H3,(H,22,23);1H. The molecule has 0 aliphatic carbocycles. The first-order valence-electron chi connectivity index (χ1n) is 9.79. The third kappa shape index (κ3) is 5.59. The maximum atomic E-state index is 6.12. The van der Waals surface area contributed by atoms with E-state index >= 15 is 0 Å². The lowest BCUT2D eigenvalue weighted by Gasteiger charge is -2.32. The van der Waals surface area contributed by atoms with Crippen molar-refractivity contribution in [3.8, 4) is 0 Å². The molecule has 0 spiro atoms. The molecule has 26 heavy (non-hydrogen) atoms. The number of halogens is 1. The maximum Gasteiger partial charge on any atom is 0.193 e. The summed E-state index contributed by atoms with van der Waals surface area (Å²) >= 11 is 0. The van der Waals surface area contributed by atoms with Crippen molar-refractivity contribution in [3.63, 3.8) is 0 Å². The van der Waals surface area contributed by atoms with Gasteiger partial charge in [-0.1, -0.05) is 44.2 Å². The predicted molar refractivity (Wildman–Crippen MR) is 119 cm³/mol. The Hall–Kier alpha value is -0.820. The monoisotopic (exact) mass is 471 g/mol. The molecule has 0 amide bonds. The minimum Gasteiger partial charge on any atom is -0.373 e. The molecule has 146 valence electrons. The van der Waals surface area contributed by atoms with Crippen LogP contribution < -0.4 is 5.32 Å². The van der Waals surface area contributed by atoms with Crippen molar-refractivity contribution in [1.29, 1.82) is 0 Å². The Morgan fingerprint density at radius 1 is 1.31 bits per heavy atom. The molecule has 1 N–H and O–H groups in total. The number of hydrogen-bond donors (Lipinski definition) is 1. The summed E-state index contributed by atoms with van der Waals surface area (Å²) in [6.07, 6.45) is 3.73. The second kappa shape index (κ2) is 9.93. The molecule has 2 heterocycles. The molecule has 2 aliphatic rings. The van der Waals surface area contributed by atoms with Gasteiger partial charge in [0.05, 0.1) is 6.10 Å². The molecule has 0 bridgehead atoms. The van der Waals surface area contributed by atoms with Crippen LogP contribution in [0.3, 0.4) is 0 Å². The minimum atomic E-state index is 0. The molecule has 1 aromatic carbocycles. The predicted octanol–water partition coefficient (Wildman–Crippen LogP) is 4.47. The zero-order chi connectivity index (χ0) is 17.7. The van der Waals surface area contributed by atoms with Crippen LogP contribution in [0.4, 0.5) is 0 Å². The van der Waals surface area contributed by atoms with E-state index in [0.29, 0.717) is 11.3 Å². The number of likely N-dealkylation sites (tertiary alicyclic amines) is 1. The fourth-order valence-corrected chi connectivity index (χ4v) is 3.96. The summed E-state index contributed by atoms with van der Waals surface area (Å²) in [7, 11) is 0. The zero-order valence-electron chi connectivity index (χ0n) is 16.4. The number of benzene rings is 1. The van der Waals surface area contributed by atoms with Gasteiger partial charge >= 0.3 is 0 Å². The Balaban J connectivity index is 0.00000243. The number of nitrogens with zero attached hydrogens (tertiary/aromatic N) is 2. The number of nitrogens with one attached hydrogen (secondary N) is 1. The van der Waals surface area contributed by atoms with Gasteiger partial charge in [-0.25, -0.2) is 0 Å². The fraction of sp³-hybridized carbons (Fsp3) is 0.667. The Labute approximate surface area is 175 Å². The Morgan fingerprint density at radius 3 is 2.73 bits per heavy atom. The first-order chi connectivity index (χ1) is 12.1. The number of ether oxygens (including phenoxy) is 1. The van der Waals surface area contributed by atoms with Crippen molar-refractivity contribution in [2.24, 2.45) is 16.3 Å². The number of hydrogen-bond acceptors (Lipinski definition) is 2. The highest BCUT2D eigenvalue weighted by Gasteiger charge is 2.32. The average Bonchev–Trinajstić information content (AvgIpc) is 2.99. The van der Waals surface area contributed by atoms with Crippen molar-refractivity contribution in [3.05, 3.63) is 35.9 Å². The van der Waals surface area contributed by atoms with E-state index in [-0.39, 0.29) is 30.1 Å². The van der Waals surface area contributed by atoms with E-state index in [9.17, 15) is 0 Å². The number of aliphatic imine (C=N–C) groups is 1. The van der Waals surface area contributed by atoms with Crippen LogP contribution in [0.5, 0.6) is 0 Å². The lowest BCUT2D eigenvalue weighted by Crippen LogP contribution is -2.41. The highest BCUT2D eigenvalue weighted by Crippen LogP contribution is 2.34. The van der Waals surface area contributed by atoms with Crippen LogP contribution >= 0.6 is 24.0 Å². The number of guanidine groups is 1. The smallest absolute Gasteiger partial charge is 0.193 e. The third-order valence-corrected chi connectivity index (χ3v) is 5.36. The van der Waals surface area contributed by atoms with Gasteiger partial charge in [0, 0.05) is 38.7 Å². The molecule has 2 aliphatic heterocycles. The van der Waals surface area contributed by atoms with Crippen LogP contribution in [-0.4, -0.2) is 43.6 Å². The van der Waals surface area contributed by atoms with Crippen LogP contribution in [0.25, 0.3) is 0 Å². The molecule has 2 unspecified atom stereocenters. The normalized spacial score (nSPS) is 25.7. The Morgan fingerprint density at radius 2 is 2.08 bits per heavy atom. The molecule has 2 fully saturated rings. The summed E-state index contributed by atoms with van der Waals surface area (Å²) in [6.45, 7) is 11.6. The first-order valence-corrected chi connectivity index (χ1v) is 9.79. The summed E-state index contributed by atoms with van der Waals surface area (Å²) < 4.78 is 6.12. The quantitative estimate of drug-likeness (QED) is 0.400. The van der Waals surface area contributed by atoms with Gasteiger partial charge in [-0.2, -0.15) is 0 Å². The van der Waals surface area contributed by atoms with E-state index in [1.54, 1.807) is 0 Å². The van der Waals surface area contributed by atoms with Crippen LogP contribution in [-0.2, 0) is 4.74 Å². The van der Waals surface area contributed by atoms with Crippen LogP contribution in [0.1, 0.15) is 51.7 Å². The van der Waals surface area contributed by atoms with Crippen molar-refractivity contribution in [2.45, 2.75) is 46.1 Å². The van der Waals surface area contributed by atoms with Crippen LogP contribution in [0.15, 0.2) is 35.3 Å². The third-order valence-electron chi connectivity index (χ3n) is 5.36. The van der Waals surface area contributed by atoms with Gasteiger partial charge < -0.3 is 15.0 Å². The van der Waals surface area contributed by atoms with Crippen molar-refractivity contribution < 1.29 is 4.74 Å². The topological polar surface area (TPSA) is 36.9 Å². The molecular formula is C21H34IN3O. The zero-order valence-corrected chi connectivity index (χ0v) is 18.7. The summed E-state index contributed by atoms with van der Waals surface area (Å²) in [5, 5.41) is 3.49. The van der Waals surface area contributed by atoms with Gasteiger partial charge in [0.25, 0.3) is 0 Å². The average molecular weight is 471 g/mol. The summed E-state index contributed by atoms with van der Waals surface area (Å²) in [5.41, 5.74) is 1.67. The van der Waals surface area contributed by atoms with Crippen molar-refractivity contribution in [2.75, 3.05) is 32.8 Å². The molecule has 5 heteroatoms. The van der Waals surface area contributed by atoms with E-state index in [0.717, 1.165) is 45.2 Å². The SMILES string of the molecule is CCNC(=NCC1CCCOC1c1ccccc1)N1CCC(C)(C)C1.I. The molecule has 0 radical (unpaired) electrons. The lowest BCUT2D eigenvalue weighted by atomic mass is 9.89. The van der Waals surface area contributed by atoms with Crippen LogP contribution in [0, 0.1) is 11.3 Å². The van der Waals surface area contributed by atoms with Gasteiger partial charge in [-0.05, 0) is 37.2 Å². The van der Waals surface area contributed by atoms with Crippen LogP contribution in [0.2, 0.25) is 0 Å². The van der Waals surface area contributed by atoms with E-state index in [1.807, 2.05) is 0 Å². The first kappa shape index (κ1) is 21.5. The van der Waals surface area contributed by atoms with E-state index in [1.165, 1.54) is 18.4 Å². The summed E-state index contributed by atoms with van der Waals surface area (Å²) in [5.74, 6) is 1.53. The van der Waals surface area contributed by atoms with Crippen molar-refractivity contribution in [1.82, 2.24) is 10.2 Å². The highest BCUT2D eigenvalue weighted by atomic mass is 127. The molecule has 2 atom stereocenters. The molecule has 2 saturated heterocycles. The van der Waals surface area contributed by atoms with Gasteiger partial charge in [0.2, 0.25) is 0 Å². The lowest BCUT2D eigenvalue weighted by molar-refractivity contribution is -0.0250. The molecule has 0 saturated carbocycles. The minimum absolute atomic E-state index is 0. The van der Waals surface area contributed by atoms with Gasteiger partial charge in [0.1, 0.15) is 0 Å². The van der Waals surface area contributed by atoms with Crippen molar-refractivity contribution >= 4 is 29.9 Å².